The summed E-state index contributed by atoms with van der Waals surface area (Å²) in [5.41, 5.74) is 2.72. The van der Waals surface area contributed by atoms with E-state index in [2.05, 4.69) is 10.6 Å². The maximum absolute atomic E-state index is 11.3. The summed E-state index contributed by atoms with van der Waals surface area (Å²) >= 11 is 0. The minimum absolute atomic E-state index is 0.392. The van der Waals surface area contributed by atoms with E-state index in [1.807, 2.05) is 32.0 Å². The number of carboxylic acid groups (broad SMARTS) is 1. The number of aliphatic carboxylic acids is 1. The van der Waals surface area contributed by atoms with Crippen molar-refractivity contribution >= 4 is 17.7 Å². The summed E-state index contributed by atoms with van der Waals surface area (Å²) in [6.07, 6.45) is 0. The molecule has 0 saturated carbocycles. The largest absolute Gasteiger partial charge is 0.480 e. The second kappa shape index (κ2) is 5.16. The minimum Gasteiger partial charge on any atom is -0.480 e. The van der Waals surface area contributed by atoms with Gasteiger partial charge in [0.1, 0.15) is 6.54 Å². The number of nitrogens with one attached hydrogen (secondary N) is 2. The van der Waals surface area contributed by atoms with E-state index in [0.717, 1.165) is 11.1 Å². The zero-order chi connectivity index (χ0) is 12.1. The molecule has 0 aliphatic rings. The Kier molecular flexibility index (Phi) is 3.88. The number of carbonyl (C=O) groups is 2. The molecule has 5 nitrogen and oxygen atoms in total. The first-order valence-corrected chi connectivity index (χ1v) is 4.82. The minimum atomic E-state index is -1.07. The Bertz CT molecular complexity index is 395. The number of hydrogen-bond donors (Lipinski definition) is 3. The first-order valence-electron chi connectivity index (χ1n) is 4.82. The summed E-state index contributed by atoms with van der Waals surface area (Å²) in [5, 5.41) is 13.2. The van der Waals surface area contributed by atoms with Crippen LogP contribution in [0.3, 0.4) is 0 Å². The van der Waals surface area contributed by atoms with Gasteiger partial charge in [-0.3, -0.25) is 4.79 Å². The summed E-state index contributed by atoms with van der Waals surface area (Å²) in [4.78, 5) is 21.5. The van der Waals surface area contributed by atoms with E-state index >= 15 is 0 Å². The second-order valence-electron chi connectivity index (χ2n) is 3.58. The average Bonchev–Trinajstić information content (AvgIpc) is 2.12. The molecule has 0 unspecified atom stereocenters. The van der Waals surface area contributed by atoms with Crippen LogP contribution in [-0.2, 0) is 4.79 Å². The molecule has 0 saturated heterocycles. The highest BCUT2D eigenvalue weighted by molar-refractivity contribution is 5.91. The van der Waals surface area contributed by atoms with Crippen LogP contribution in [0.2, 0.25) is 0 Å². The maximum atomic E-state index is 11.3. The van der Waals surface area contributed by atoms with Crippen molar-refractivity contribution in [2.45, 2.75) is 13.8 Å². The Balaban J connectivity index is 2.59. The molecule has 0 aromatic heterocycles. The number of aryl methyl sites for hydroxylation is 2. The van der Waals surface area contributed by atoms with E-state index in [1.165, 1.54) is 0 Å². The van der Waals surface area contributed by atoms with E-state index < -0.39 is 18.5 Å². The fourth-order valence-electron chi connectivity index (χ4n) is 1.38. The molecule has 0 heterocycles. The first-order chi connectivity index (χ1) is 7.47. The van der Waals surface area contributed by atoms with Crippen LogP contribution in [0, 0.1) is 13.8 Å². The monoisotopic (exact) mass is 222 g/mol. The van der Waals surface area contributed by atoms with Crippen LogP contribution in [0.4, 0.5) is 10.5 Å². The zero-order valence-electron chi connectivity index (χ0n) is 9.20. The molecule has 0 bridgehead atoms. The quantitative estimate of drug-likeness (QED) is 0.725. The summed E-state index contributed by atoms with van der Waals surface area (Å²) in [6, 6.07) is 5.09. The molecule has 5 heteroatoms. The lowest BCUT2D eigenvalue weighted by atomic mass is 10.1. The summed E-state index contributed by atoms with van der Waals surface area (Å²) in [6.45, 7) is 3.46. The van der Waals surface area contributed by atoms with Gasteiger partial charge in [0.2, 0.25) is 0 Å². The molecule has 0 fully saturated rings. The van der Waals surface area contributed by atoms with Gasteiger partial charge in [-0.05, 0) is 37.1 Å². The molecule has 0 aliphatic heterocycles. The number of amides is 2. The van der Waals surface area contributed by atoms with Crippen LogP contribution < -0.4 is 10.6 Å². The van der Waals surface area contributed by atoms with E-state index in [4.69, 9.17) is 5.11 Å². The molecule has 0 aliphatic carbocycles. The highest BCUT2D eigenvalue weighted by atomic mass is 16.4. The van der Waals surface area contributed by atoms with Gasteiger partial charge in [0.05, 0.1) is 0 Å². The van der Waals surface area contributed by atoms with Gasteiger partial charge in [-0.15, -0.1) is 0 Å². The third-order valence-corrected chi connectivity index (χ3v) is 1.88. The molecule has 2 amide bonds. The predicted molar refractivity (Wildman–Crippen MR) is 60.6 cm³/mol. The zero-order valence-corrected chi connectivity index (χ0v) is 9.20. The smallest absolute Gasteiger partial charge is 0.323 e. The Morgan fingerprint density at radius 2 is 1.75 bits per heavy atom. The van der Waals surface area contributed by atoms with Crippen molar-refractivity contribution in [3.05, 3.63) is 29.3 Å². The fourth-order valence-corrected chi connectivity index (χ4v) is 1.38. The lowest BCUT2D eigenvalue weighted by molar-refractivity contribution is -0.135. The van der Waals surface area contributed by atoms with Gasteiger partial charge in [0, 0.05) is 5.69 Å². The van der Waals surface area contributed by atoms with Crippen LogP contribution in [0.25, 0.3) is 0 Å². The van der Waals surface area contributed by atoms with Crippen molar-refractivity contribution in [2.75, 3.05) is 11.9 Å². The van der Waals surface area contributed by atoms with Crippen LogP contribution in [0.5, 0.6) is 0 Å². The van der Waals surface area contributed by atoms with Crippen molar-refractivity contribution in [1.82, 2.24) is 5.32 Å². The average molecular weight is 222 g/mol. The van der Waals surface area contributed by atoms with E-state index in [0.29, 0.717) is 5.69 Å². The highest BCUT2D eigenvalue weighted by Crippen LogP contribution is 2.13. The molecule has 16 heavy (non-hydrogen) atoms. The van der Waals surface area contributed by atoms with Gasteiger partial charge >= 0.3 is 12.0 Å². The first kappa shape index (κ1) is 12.0. The van der Waals surface area contributed by atoms with Crippen LogP contribution in [0.1, 0.15) is 11.1 Å². The SMILES string of the molecule is Cc1cc(C)cc(NC(=O)NCC(=O)O)c1. The van der Waals surface area contributed by atoms with Crippen molar-refractivity contribution in [3.63, 3.8) is 0 Å². The highest BCUT2D eigenvalue weighted by Gasteiger charge is 2.04. The molecule has 0 atom stereocenters. The summed E-state index contributed by atoms with van der Waals surface area (Å²) < 4.78 is 0. The van der Waals surface area contributed by atoms with Gasteiger partial charge in [-0.25, -0.2) is 4.79 Å². The molecule has 86 valence electrons. The normalized spacial score (nSPS) is 9.62. The Hall–Kier alpha value is -2.04. The number of rotatable bonds is 3. The van der Waals surface area contributed by atoms with Gasteiger partial charge < -0.3 is 15.7 Å². The molecule has 0 radical (unpaired) electrons. The molecular formula is C11H14N2O3. The number of anilines is 1. The van der Waals surface area contributed by atoms with Crippen LogP contribution >= 0.6 is 0 Å². The molecule has 0 spiro atoms. The molecule has 1 aromatic rings. The predicted octanol–water partition coefficient (Wildman–Crippen LogP) is 1.51. The maximum Gasteiger partial charge on any atom is 0.323 e. The van der Waals surface area contributed by atoms with Gasteiger partial charge in [-0.2, -0.15) is 0 Å². The molecule has 1 rings (SSSR count). The number of benzene rings is 1. The van der Waals surface area contributed by atoms with E-state index in [1.54, 1.807) is 0 Å². The van der Waals surface area contributed by atoms with Crippen molar-refractivity contribution in [2.24, 2.45) is 0 Å². The Labute approximate surface area is 93.5 Å². The topological polar surface area (TPSA) is 78.4 Å². The fraction of sp³-hybridized carbons (Fsp3) is 0.273. The summed E-state index contributed by atoms with van der Waals surface area (Å²) in [5.74, 6) is -1.07. The van der Waals surface area contributed by atoms with Crippen molar-refractivity contribution in [1.29, 1.82) is 0 Å². The lowest BCUT2D eigenvalue weighted by Crippen LogP contribution is -2.33. The Morgan fingerprint density at radius 1 is 1.19 bits per heavy atom. The number of carbonyl (C=O) groups excluding carboxylic acids is 1. The van der Waals surface area contributed by atoms with E-state index in [-0.39, 0.29) is 0 Å². The lowest BCUT2D eigenvalue weighted by Gasteiger charge is -2.07. The number of carboxylic acids is 1. The van der Waals surface area contributed by atoms with Crippen molar-refractivity contribution < 1.29 is 14.7 Å². The standard InChI is InChI=1S/C11H14N2O3/c1-7-3-8(2)5-9(4-7)13-11(16)12-6-10(14)15/h3-5H,6H2,1-2H3,(H,14,15)(H2,12,13,16). The molecule has 3 N–H and O–H groups in total. The van der Waals surface area contributed by atoms with Crippen LogP contribution in [-0.4, -0.2) is 23.7 Å². The summed E-state index contributed by atoms with van der Waals surface area (Å²) in [7, 11) is 0. The second-order valence-corrected chi connectivity index (χ2v) is 3.58. The van der Waals surface area contributed by atoms with E-state index in [9.17, 15) is 9.59 Å². The third kappa shape index (κ3) is 4.00. The third-order valence-electron chi connectivity index (χ3n) is 1.88. The molecular weight excluding hydrogens is 208 g/mol. The van der Waals surface area contributed by atoms with Gasteiger partial charge in [0.15, 0.2) is 0 Å². The number of hydrogen-bond acceptors (Lipinski definition) is 2. The Morgan fingerprint density at radius 3 is 2.25 bits per heavy atom. The van der Waals surface area contributed by atoms with Gasteiger partial charge in [0.25, 0.3) is 0 Å². The van der Waals surface area contributed by atoms with Crippen LogP contribution in [0.15, 0.2) is 18.2 Å². The van der Waals surface area contributed by atoms with Crippen molar-refractivity contribution in [3.8, 4) is 0 Å². The van der Waals surface area contributed by atoms with Gasteiger partial charge in [-0.1, -0.05) is 6.07 Å². The molecule has 1 aromatic carbocycles. The number of urea groups is 1.